The molecule has 0 unspecified atom stereocenters. The number of nitrogens with zero attached hydrogens (tertiary/aromatic N) is 11. The molecule has 24 heteroatoms. The summed E-state index contributed by atoms with van der Waals surface area (Å²) in [4.78, 5) is 83.2. The topological polar surface area (TPSA) is 321 Å². The van der Waals surface area contributed by atoms with Crippen molar-refractivity contribution < 1.29 is 33.4 Å². The van der Waals surface area contributed by atoms with Crippen LogP contribution in [0.2, 0.25) is 0 Å². The Bertz CT molecular complexity index is 2990. The second-order valence-electron chi connectivity index (χ2n) is 18.1. The van der Waals surface area contributed by atoms with E-state index in [0.29, 0.717) is 112 Å². The van der Waals surface area contributed by atoms with E-state index >= 15 is 0 Å². The van der Waals surface area contributed by atoms with Gasteiger partial charge in [-0.05, 0) is 86.3 Å². The van der Waals surface area contributed by atoms with E-state index in [1.807, 2.05) is 40.1 Å². The average Bonchev–Trinajstić information content (AvgIpc) is 3.43. The SMILES string of the molecule is NC(=O)c1nnc(N2CCC[C@@H](N)C2)nc1Nc1ccc(C(=O)N2CCOCC2)cc1.NC(=O)c1nnc(N2CCC[C@@H](NC(=O)c3cnc4ccccc4c3)C2)nc1Nc1ccc(C(=O)N2CCOCC2)cc1. The summed E-state index contributed by atoms with van der Waals surface area (Å²) in [5.41, 5.74) is 20.6. The highest BCUT2D eigenvalue weighted by Crippen LogP contribution is 2.25. The number of ether oxygens (including phenoxy) is 2. The molecule has 384 valence electrons. The van der Waals surface area contributed by atoms with Gasteiger partial charge < -0.3 is 62.2 Å². The molecule has 74 heavy (non-hydrogen) atoms. The number of hydrogen-bond donors (Lipinski definition) is 6. The molecule has 2 atom stereocenters. The summed E-state index contributed by atoms with van der Waals surface area (Å²) in [5.74, 6) is -0.764. The molecule has 4 saturated heterocycles. The largest absolute Gasteiger partial charge is 0.378 e. The third-order valence-corrected chi connectivity index (χ3v) is 12.8. The normalized spacial score (nSPS) is 17.9. The van der Waals surface area contributed by atoms with Crippen LogP contribution in [0.15, 0.2) is 85.1 Å². The molecular formula is C50H57N17O7. The predicted molar refractivity (Wildman–Crippen MR) is 273 cm³/mol. The number of para-hydroxylation sites is 1. The number of nitrogens with one attached hydrogen (secondary N) is 3. The van der Waals surface area contributed by atoms with Crippen LogP contribution in [-0.2, 0) is 9.47 Å². The van der Waals surface area contributed by atoms with E-state index in [9.17, 15) is 24.0 Å². The maximum atomic E-state index is 13.0. The van der Waals surface area contributed by atoms with E-state index in [2.05, 4.69) is 51.3 Å². The van der Waals surface area contributed by atoms with Crippen molar-refractivity contribution in [2.45, 2.75) is 37.8 Å². The van der Waals surface area contributed by atoms with Gasteiger partial charge in [0.1, 0.15) is 0 Å². The molecule has 0 radical (unpaired) electrons. The number of rotatable bonds is 12. The fourth-order valence-electron chi connectivity index (χ4n) is 8.90. The van der Waals surface area contributed by atoms with Gasteiger partial charge in [-0.3, -0.25) is 29.0 Å². The Labute approximate surface area is 425 Å². The minimum Gasteiger partial charge on any atom is -0.378 e. The van der Waals surface area contributed by atoms with Gasteiger partial charge in [0.05, 0.1) is 37.5 Å². The molecule has 5 amide bonds. The molecule has 10 rings (SSSR count). The molecule has 24 nitrogen and oxygen atoms in total. The number of carbonyl (C=O) groups is 5. The number of hydrogen-bond acceptors (Lipinski definition) is 19. The van der Waals surface area contributed by atoms with Gasteiger partial charge in [0.15, 0.2) is 23.0 Å². The van der Waals surface area contributed by atoms with Crippen molar-refractivity contribution >= 4 is 75.3 Å². The zero-order chi connectivity index (χ0) is 51.6. The zero-order valence-electron chi connectivity index (χ0n) is 40.6. The van der Waals surface area contributed by atoms with Crippen molar-refractivity contribution in [3.8, 4) is 0 Å². The quantitative estimate of drug-likeness (QED) is 0.102. The van der Waals surface area contributed by atoms with Gasteiger partial charge in [-0.1, -0.05) is 18.2 Å². The Morgan fingerprint density at radius 2 is 1.08 bits per heavy atom. The number of nitrogens with two attached hydrogens (primary N) is 3. The zero-order valence-corrected chi connectivity index (χ0v) is 40.6. The second-order valence-corrected chi connectivity index (χ2v) is 18.1. The first-order valence-corrected chi connectivity index (χ1v) is 24.4. The molecule has 6 aromatic rings. The lowest BCUT2D eigenvalue weighted by atomic mass is 10.1. The monoisotopic (exact) mass is 1010 g/mol. The van der Waals surface area contributed by atoms with Crippen LogP contribution in [0.1, 0.15) is 77.7 Å². The number of morpholine rings is 2. The van der Waals surface area contributed by atoms with E-state index in [0.717, 1.165) is 43.1 Å². The number of primary amides is 2. The predicted octanol–water partition coefficient (Wildman–Crippen LogP) is 2.25. The molecule has 0 spiro atoms. The number of anilines is 6. The van der Waals surface area contributed by atoms with Crippen LogP contribution in [0.3, 0.4) is 0 Å². The molecule has 3 aromatic carbocycles. The molecule has 0 bridgehead atoms. The van der Waals surface area contributed by atoms with Gasteiger partial charge in [-0.25, -0.2) is 0 Å². The third-order valence-electron chi connectivity index (χ3n) is 12.8. The van der Waals surface area contributed by atoms with Gasteiger partial charge in [0, 0.05) is 98.5 Å². The minimum absolute atomic E-state index is 0.0416. The molecule has 4 aliphatic heterocycles. The highest BCUT2D eigenvalue weighted by Gasteiger charge is 2.27. The maximum absolute atomic E-state index is 13.0. The summed E-state index contributed by atoms with van der Waals surface area (Å²) >= 11 is 0. The van der Waals surface area contributed by atoms with Gasteiger partial charge in [-0.15, -0.1) is 20.4 Å². The van der Waals surface area contributed by atoms with Crippen molar-refractivity contribution in [2.24, 2.45) is 17.2 Å². The van der Waals surface area contributed by atoms with Crippen LogP contribution in [0, 0.1) is 0 Å². The number of pyridine rings is 1. The summed E-state index contributed by atoms with van der Waals surface area (Å²) < 4.78 is 10.6. The van der Waals surface area contributed by atoms with Crippen LogP contribution >= 0.6 is 0 Å². The Morgan fingerprint density at radius 1 is 0.581 bits per heavy atom. The summed E-state index contributed by atoms with van der Waals surface area (Å²) in [6.45, 7) is 6.91. The van der Waals surface area contributed by atoms with Crippen LogP contribution in [0.5, 0.6) is 0 Å². The molecule has 4 fully saturated rings. The van der Waals surface area contributed by atoms with Crippen molar-refractivity contribution in [2.75, 3.05) is 99.2 Å². The van der Waals surface area contributed by atoms with Crippen molar-refractivity contribution in [1.29, 1.82) is 0 Å². The maximum Gasteiger partial charge on any atom is 0.273 e. The summed E-state index contributed by atoms with van der Waals surface area (Å²) in [6, 6.07) is 23.2. The fourth-order valence-corrected chi connectivity index (χ4v) is 8.90. The summed E-state index contributed by atoms with van der Waals surface area (Å²) in [6.07, 6.45) is 5.05. The molecule has 7 heterocycles. The molecule has 4 aliphatic rings. The number of carbonyl (C=O) groups excluding carboxylic acids is 5. The molecular weight excluding hydrogens is 951 g/mol. The van der Waals surface area contributed by atoms with Crippen molar-refractivity contribution in [1.82, 2.24) is 50.5 Å². The van der Waals surface area contributed by atoms with E-state index in [-0.39, 0.29) is 52.8 Å². The third kappa shape index (κ3) is 12.4. The van der Waals surface area contributed by atoms with Crippen molar-refractivity contribution in [3.63, 3.8) is 0 Å². The lowest BCUT2D eigenvalue weighted by Gasteiger charge is -2.33. The Hall–Kier alpha value is -8.48. The number of amides is 5. The van der Waals surface area contributed by atoms with E-state index in [1.54, 1.807) is 64.5 Å². The first kappa shape index (κ1) is 50.5. The Balaban J connectivity index is 0.000000192. The van der Waals surface area contributed by atoms with Crippen LogP contribution in [0.25, 0.3) is 10.9 Å². The Morgan fingerprint density at radius 3 is 1.59 bits per heavy atom. The van der Waals surface area contributed by atoms with E-state index in [4.69, 9.17) is 26.7 Å². The summed E-state index contributed by atoms with van der Waals surface area (Å²) in [7, 11) is 0. The number of aromatic nitrogens is 7. The lowest BCUT2D eigenvalue weighted by Crippen LogP contribution is -2.48. The molecule has 0 saturated carbocycles. The number of fused-ring (bicyclic) bond motifs is 1. The first-order valence-electron chi connectivity index (χ1n) is 24.4. The minimum atomic E-state index is -0.777. The molecule has 0 aliphatic carbocycles. The molecule has 3 aromatic heterocycles. The smallest absolute Gasteiger partial charge is 0.273 e. The standard InChI is InChI=1S/C30H31N9O4.C20H26N8O3/c31-26(40)25-27(33-22-9-7-19(8-10-22)29(42)38-12-14-43-15-13-38)35-30(37-36-25)39-11-3-5-23(18-39)34-28(41)21-16-20-4-1-2-6-24(20)32-17-21;21-14-2-1-7-28(12-14)20-24-18(16(17(22)29)25-26-20)23-15-5-3-13(4-6-15)19(30)27-8-10-31-11-9-27/h1-2,4,6-10,16-17,23H,3,5,11-15,18H2,(H2,31,40)(H,34,41)(H,33,35,37);3-6,14H,1-2,7-12,21H2,(H2,22,29)(H,23,24,26)/t23-;14-/m11/s1. The average molecular weight is 1010 g/mol. The van der Waals surface area contributed by atoms with E-state index < -0.39 is 11.8 Å². The first-order chi connectivity index (χ1) is 35.9. The van der Waals surface area contributed by atoms with Gasteiger partial charge in [-0.2, -0.15) is 9.97 Å². The van der Waals surface area contributed by atoms with Gasteiger partial charge >= 0.3 is 0 Å². The van der Waals surface area contributed by atoms with Gasteiger partial charge in [0.25, 0.3) is 29.5 Å². The number of benzene rings is 3. The highest BCUT2D eigenvalue weighted by atomic mass is 16.5. The highest BCUT2D eigenvalue weighted by molar-refractivity contribution is 5.99. The van der Waals surface area contributed by atoms with Crippen molar-refractivity contribution in [3.05, 3.63) is 113 Å². The van der Waals surface area contributed by atoms with Crippen LogP contribution in [0.4, 0.5) is 34.9 Å². The second kappa shape index (κ2) is 23.4. The summed E-state index contributed by atoms with van der Waals surface area (Å²) in [5, 5.41) is 26.4. The Kier molecular flexibility index (Phi) is 15.9. The lowest BCUT2D eigenvalue weighted by molar-refractivity contribution is 0.0301. The molecule has 9 N–H and O–H groups in total. The van der Waals surface area contributed by atoms with Crippen LogP contribution < -0.4 is 43.0 Å². The number of piperidine rings is 2. The van der Waals surface area contributed by atoms with E-state index in [1.165, 1.54) is 0 Å². The van der Waals surface area contributed by atoms with Gasteiger partial charge in [0.2, 0.25) is 11.9 Å². The van der Waals surface area contributed by atoms with Crippen LogP contribution in [-0.4, -0.2) is 166 Å². The fraction of sp³-hybridized carbons (Fsp3) is 0.360.